The minimum absolute atomic E-state index is 0.200. The standard InChI is InChI=1S/C12H12N2O2S/c1-16-12(15)4-2-3-9-7-10(17-8-13)5-6-11(9)14/h2-3,5-7H,4,14H2,1H3. The Hall–Kier alpha value is -1.93. The number of hydrogen-bond acceptors (Lipinski definition) is 5. The molecule has 88 valence electrons. The smallest absolute Gasteiger partial charge is 0.309 e. The van der Waals surface area contributed by atoms with Crippen molar-refractivity contribution in [1.29, 1.82) is 5.26 Å². The van der Waals surface area contributed by atoms with E-state index in [4.69, 9.17) is 11.0 Å². The second kappa shape index (κ2) is 6.61. The molecule has 0 amide bonds. The molecule has 0 fully saturated rings. The summed E-state index contributed by atoms with van der Waals surface area (Å²) in [7, 11) is 1.34. The van der Waals surface area contributed by atoms with Crippen molar-refractivity contribution in [1.82, 2.24) is 0 Å². The van der Waals surface area contributed by atoms with Gasteiger partial charge in [-0.1, -0.05) is 12.2 Å². The number of thiocyanates is 1. The minimum Gasteiger partial charge on any atom is -0.469 e. The van der Waals surface area contributed by atoms with Crippen LogP contribution in [-0.2, 0) is 9.53 Å². The summed E-state index contributed by atoms with van der Waals surface area (Å²) < 4.78 is 4.51. The van der Waals surface area contributed by atoms with Gasteiger partial charge >= 0.3 is 5.97 Å². The zero-order chi connectivity index (χ0) is 12.7. The molecule has 0 unspecified atom stereocenters. The minimum atomic E-state index is -0.303. The van der Waals surface area contributed by atoms with E-state index in [1.165, 1.54) is 7.11 Å². The van der Waals surface area contributed by atoms with E-state index in [2.05, 4.69) is 4.74 Å². The number of thioether (sulfide) groups is 1. The van der Waals surface area contributed by atoms with Crippen molar-refractivity contribution >= 4 is 29.5 Å². The molecule has 5 heteroatoms. The van der Waals surface area contributed by atoms with Crippen LogP contribution in [0.3, 0.4) is 0 Å². The van der Waals surface area contributed by atoms with Gasteiger partial charge in [-0.2, -0.15) is 5.26 Å². The molecule has 0 aromatic heterocycles. The molecule has 17 heavy (non-hydrogen) atoms. The Morgan fingerprint density at radius 3 is 3.06 bits per heavy atom. The third kappa shape index (κ3) is 4.21. The monoisotopic (exact) mass is 248 g/mol. The molecular formula is C12H12N2O2S. The van der Waals surface area contributed by atoms with Crippen LogP contribution in [0.1, 0.15) is 12.0 Å². The van der Waals surface area contributed by atoms with Gasteiger partial charge in [0.15, 0.2) is 0 Å². The second-order valence-electron chi connectivity index (χ2n) is 3.17. The topological polar surface area (TPSA) is 76.1 Å². The SMILES string of the molecule is COC(=O)CC=Cc1cc(SC#N)ccc1N. The number of nitriles is 1. The van der Waals surface area contributed by atoms with Crippen LogP contribution in [0.5, 0.6) is 0 Å². The lowest BCUT2D eigenvalue weighted by Crippen LogP contribution is -1.96. The molecule has 1 rings (SSSR count). The first-order chi connectivity index (χ1) is 8.17. The van der Waals surface area contributed by atoms with Crippen molar-refractivity contribution in [3.8, 4) is 5.40 Å². The van der Waals surface area contributed by atoms with Crippen LogP contribution in [0.25, 0.3) is 6.08 Å². The summed E-state index contributed by atoms with van der Waals surface area (Å²) in [4.78, 5) is 11.7. The third-order valence-corrected chi connectivity index (χ3v) is 2.61. The largest absolute Gasteiger partial charge is 0.469 e. The van der Waals surface area contributed by atoms with Crippen molar-refractivity contribution in [2.24, 2.45) is 0 Å². The van der Waals surface area contributed by atoms with E-state index in [1.54, 1.807) is 30.4 Å². The van der Waals surface area contributed by atoms with E-state index in [0.29, 0.717) is 5.69 Å². The van der Waals surface area contributed by atoms with Crippen LogP contribution in [0.4, 0.5) is 5.69 Å². The number of anilines is 1. The van der Waals surface area contributed by atoms with Gasteiger partial charge in [0, 0.05) is 10.6 Å². The molecule has 0 saturated heterocycles. The average Bonchev–Trinajstić information content (AvgIpc) is 2.33. The van der Waals surface area contributed by atoms with Crippen LogP contribution in [0, 0.1) is 10.7 Å². The average molecular weight is 248 g/mol. The lowest BCUT2D eigenvalue weighted by Gasteiger charge is -2.02. The molecule has 2 N–H and O–H groups in total. The normalized spacial score (nSPS) is 10.1. The number of nitrogens with two attached hydrogens (primary N) is 1. The Morgan fingerprint density at radius 1 is 1.65 bits per heavy atom. The number of benzene rings is 1. The van der Waals surface area contributed by atoms with Crippen LogP contribution in [0.15, 0.2) is 29.2 Å². The number of nitrogens with zero attached hydrogens (tertiary/aromatic N) is 1. The molecule has 0 radical (unpaired) electrons. The second-order valence-corrected chi connectivity index (χ2v) is 4.02. The van der Waals surface area contributed by atoms with Crippen molar-refractivity contribution < 1.29 is 9.53 Å². The fourth-order valence-corrected chi connectivity index (χ4v) is 1.61. The van der Waals surface area contributed by atoms with Crippen molar-refractivity contribution in [2.75, 3.05) is 12.8 Å². The number of ether oxygens (including phenoxy) is 1. The summed E-state index contributed by atoms with van der Waals surface area (Å²) in [5, 5.41) is 10.6. The number of rotatable bonds is 4. The van der Waals surface area contributed by atoms with Gasteiger partial charge in [-0.05, 0) is 35.5 Å². The fourth-order valence-electron chi connectivity index (χ4n) is 1.18. The first kappa shape index (κ1) is 13.1. The molecule has 0 heterocycles. The van der Waals surface area contributed by atoms with Crippen molar-refractivity contribution in [3.63, 3.8) is 0 Å². The van der Waals surface area contributed by atoms with E-state index in [9.17, 15) is 4.79 Å². The molecular weight excluding hydrogens is 236 g/mol. The Kier molecular flexibility index (Phi) is 5.11. The van der Waals surface area contributed by atoms with Gasteiger partial charge in [0.2, 0.25) is 0 Å². The van der Waals surface area contributed by atoms with Crippen molar-refractivity contribution in [2.45, 2.75) is 11.3 Å². The van der Waals surface area contributed by atoms with Gasteiger partial charge in [-0.15, -0.1) is 0 Å². The third-order valence-electron chi connectivity index (χ3n) is 2.03. The molecule has 1 aromatic rings. The van der Waals surface area contributed by atoms with Crippen LogP contribution < -0.4 is 5.73 Å². The molecule has 0 bridgehead atoms. The van der Waals surface area contributed by atoms with Crippen LogP contribution in [-0.4, -0.2) is 13.1 Å². The van der Waals surface area contributed by atoms with Gasteiger partial charge in [0.05, 0.1) is 13.5 Å². The predicted molar refractivity (Wildman–Crippen MR) is 68.0 cm³/mol. The molecule has 0 spiro atoms. The van der Waals surface area contributed by atoms with E-state index >= 15 is 0 Å². The lowest BCUT2D eigenvalue weighted by atomic mass is 10.1. The number of esters is 1. The highest BCUT2D eigenvalue weighted by Crippen LogP contribution is 2.23. The highest BCUT2D eigenvalue weighted by molar-refractivity contribution is 8.03. The Labute approximate surface area is 104 Å². The van der Waals surface area contributed by atoms with Gasteiger partial charge in [-0.3, -0.25) is 4.79 Å². The zero-order valence-corrected chi connectivity index (χ0v) is 10.2. The van der Waals surface area contributed by atoms with E-state index in [-0.39, 0.29) is 12.4 Å². The highest BCUT2D eigenvalue weighted by atomic mass is 32.2. The summed E-state index contributed by atoms with van der Waals surface area (Å²) in [5.74, 6) is -0.303. The fraction of sp³-hybridized carbons (Fsp3) is 0.167. The summed E-state index contributed by atoms with van der Waals surface area (Å²) in [6.45, 7) is 0. The van der Waals surface area contributed by atoms with E-state index in [1.807, 2.05) is 5.40 Å². The molecule has 1 aromatic carbocycles. The molecule has 0 aliphatic carbocycles. The Bertz CT molecular complexity index is 478. The lowest BCUT2D eigenvalue weighted by molar-refractivity contribution is -0.139. The van der Waals surface area contributed by atoms with E-state index < -0.39 is 0 Å². The number of carbonyl (C=O) groups excluding carboxylic acids is 1. The molecule has 0 aliphatic heterocycles. The summed E-state index contributed by atoms with van der Waals surface area (Å²) in [6.07, 6.45) is 3.62. The first-order valence-corrected chi connectivity index (χ1v) is 5.68. The van der Waals surface area contributed by atoms with Crippen LogP contribution in [0.2, 0.25) is 0 Å². The number of nitrogen functional groups attached to an aromatic ring is 1. The zero-order valence-electron chi connectivity index (χ0n) is 9.34. The predicted octanol–water partition coefficient (Wildman–Crippen LogP) is 2.42. The van der Waals surface area contributed by atoms with Crippen LogP contribution >= 0.6 is 11.8 Å². The maximum atomic E-state index is 10.9. The van der Waals surface area contributed by atoms with Gasteiger partial charge < -0.3 is 10.5 Å². The van der Waals surface area contributed by atoms with Gasteiger partial charge in [0.25, 0.3) is 0 Å². The summed E-state index contributed by atoms with van der Waals surface area (Å²) in [5.41, 5.74) is 7.17. The van der Waals surface area contributed by atoms with Gasteiger partial charge in [0.1, 0.15) is 5.40 Å². The summed E-state index contributed by atoms with van der Waals surface area (Å²) in [6, 6.07) is 5.31. The number of methoxy groups -OCH3 is 1. The molecule has 0 atom stereocenters. The maximum Gasteiger partial charge on any atom is 0.309 e. The number of hydrogen-bond donors (Lipinski definition) is 1. The molecule has 4 nitrogen and oxygen atoms in total. The Morgan fingerprint density at radius 2 is 2.41 bits per heavy atom. The van der Waals surface area contributed by atoms with Gasteiger partial charge in [-0.25, -0.2) is 0 Å². The van der Waals surface area contributed by atoms with Crippen molar-refractivity contribution in [3.05, 3.63) is 29.8 Å². The van der Waals surface area contributed by atoms with E-state index in [0.717, 1.165) is 22.2 Å². The first-order valence-electron chi connectivity index (χ1n) is 4.86. The quantitative estimate of drug-likeness (QED) is 0.383. The molecule has 0 aliphatic rings. The summed E-state index contributed by atoms with van der Waals surface area (Å²) >= 11 is 1.07. The number of carbonyl (C=O) groups is 1. The maximum absolute atomic E-state index is 10.9. The molecule has 0 saturated carbocycles. The Balaban J connectivity index is 2.79. The highest BCUT2D eigenvalue weighted by Gasteiger charge is 2.00.